The van der Waals surface area contributed by atoms with Crippen molar-refractivity contribution in [3.63, 3.8) is 0 Å². The number of hydrogen-bond acceptors (Lipinski definition) is 2. The molecule has 0 aromatic carbocycles. The van der Waals surface area contributed by atoms with E-state index in [1.165, 1.54) is 13.3 Å². The van der Waals surface area contributed by atoms with Crippen molar-refractivity contribution in [3.8, 4) is 0 Å². The van der Waals surface area contributed by atoms with Gasteiger partial charge in [-0.2, -0.15) is 0 Å². The van der Waals surface area contributed by atoms with Crippen molar-refractivity contribution >= 4 is 12.2 Å². The predicted molar refractivity (Wildman–Crippen MR) is 30.0 cm³/mol. The normalized spacial score (nSPS) is 10.1. The molecule has 0 saturated heterocycles. The molecule has 2 N–H and O–H groups in total. The molecule has 0 aromatic heterocycles. The highest BCUT2D eigenvalue weighted by molar-refractivity contribution is 5.82. The second-order valence-electron chi connectivity index (χ2n) is 1.11. The highest BCUT2D eigenvalue weighted by atomic mass is 16.5. The van der Waals surface area contributed by atoms with Crippen LogP contribution in [0.25, 0.3) is 0 Å². The van der Waals surface area contributed by atoms with E-state index in [1.54, 1.807) is 0 Å². The summed E-state index contributed by atoms with van der Waals surface area (Å²) in [6.07, 6.45) is 1.31. The van der Waals surface area contributed by atoms with E-state index in [-0.39, 0.29) is 0 Å². The molecular formula is C4H8N2O2. The third-order valence-electron chi connectivity index (χ3n) is 0.460. The molecule has 4 heteroatoms. The Kier molecular flexibility index (Phi) is 3.78. The zero-order valence-electron chi connectivity index (χ0n) is 4.63. The number of carbonyl (C=O) groups is 1. The van der Waals surface area contributed by atoms with Gasteiger partial charge in [-0.25, -0.2) is 9.79 Å². The zero-order chi connectivity index (χ0) is 6.41. The standard InChI is InChI=1S/C4H8N2O2/c1-8-3-2-6-4(5)7/h2H,3H2,1H3,(H2,5,7). The fourth-order valence-corrected chi connectivity index (χ4v) is 0.202. The fourth-order valence-electron chi connectivity index (χ4n) is 0.202. The third kappa shape index (κ3) is 5.10. The van der Waals surface area contributed by atoms with E-state index in [0.29, 0.717) is 6.61 Å². The second-order valence-corrected chi connectivity index (χ2v) is 1.11. The Labute approximate surface area is 47.3 Å². The van der Waals surface area contributed by atoms with Crippen molar-refractivity contribution in [2.45, 2.75) is 0 Å². The molecule has 0 bridgehead atoms. The summed E-state index contributed by atoms with van der Waals surface area (Å²) in [6, 6.07) is -0.693. The molecule has 2 amide bonds. The Balaban J connectivity index is 3.20. The van der Waals surface area contributed by atoms with Crippen molar-refractivity contribution in [2.75, 3.05) is 13.7 Å². The van der Waals surface area contributed by atoms with Gasteiger partial charge < -0.3 is 10.5 Å². The summed E-state index contributed by atoms with van der Waals surface area (Å²) in [4.78, 5) is 13.0. The van der Waals surface area contributed by atoms with E-state index >= 15 is 0 Å². The van der Waals surface area contributed by atoms with Gasteiger partial charge in [-0.1, -0.05) is 0 Å². The van der Waals surface area contributed by atoms with Gasteiger partial charge in [0, 0.05) is 13.3 Å². The Hall–Kier alpha value is -0.900. The van der Waals surface area contributed by atoms with Crippen molar-refractivity contribution in [1.29, 1.82) is 0 Å². The molecule has 8 heavy (non-hydrogen) atoms. The summed E-state index contributed by atoms with van der Waals surface area (Å²) in [7, 11) is 1.51. The predicted octanol–water partition coefficient (Wildman–Crippen LogP) is -0.218. The molecule has 0 spiro atoms. The number of primary amides is 1. The summed E-state index contributed by atoms with van der Waals surface area (Å²) < 4.78 is 4.54. The molecular weight excluding hydrogens is 108 g/mol. The van der Waals surface area contributed by atoms with Crippen LogP contribution in [-0.2, 0) is 4.74 Å². The highest BCUT2D eigenvalue weighted by Gasteiger charge is 1.79. The number of nitrogens with zero attached hydrogens (tertiary/aromatic N) is 1. The van der Waals surface area contributed by atoms with Crippen LogP contribution in [0.5, 0.6) is 0 Å². The fraction of sp³-hybridized carbons (Fsp3) is 0.500. The third-order valence-corrected chi connectivity index (χ3v) is 0.460. The van der Waals surface area contributed by atoms with Crippen molar-refractivity contribution < 1.29 is 9.53 Å². The maximum absolute atomic E-state index is 9.84. The first-order valence-corrected chi connectivity index (χ1v) is 2.08. The molecule has 0 aliphatic carbocycles. The van der Waals surface area contributed by atoms with Crippen LogP contribution in [0.2, 0.25) is 0 Å². The number of aliphatic imine (C=N–C) groups is 1. The number of ether oxygens (including phenoxy) is 1. The summed E-state index contributed by atoms with van der Waals surface area (Å²) in [5.41, 5.74) is 4.64. The minimum Gasteiger partial charge on any atom is -0.379 e. The van der Waals surface area contributed by atoms with Crippen LogP contribution in [0.15, 0.2) is 4.99 Å². The van der Waals surface area contributed by atoms with Crippen molar-refractivity contribution in [1.82, 2.24) is 0 Å². The van der Waals surface area contributed by atoms with E-state index in [4.69, 9.17) is 0 Å². The molecule has 4 nitrogen and oxygen atoms in total. The lowest BCUT2D eigenvalue weighted by atomic mass is 10.8. The van der Waals surface area contributed by atoms with Crippen LogP contribution in [-0.4, -0.2) is 26.0 Å². The first-order chi connectivity index (χ1) is 3.77. The first kappa shape index (κ1) is 7.10. The van der Waals surface area contributed by atoms with Crippen LogP contribution in [0.4, 0.5) is 4.79 Å². The van der Waals surface area contributed by atoms with Crippen LogP contribution < -0.4 is 5.73 Å². The molecule has 0 radical (unpaired) electrons. The van der Waals surface area contributed by atoms with Gasteiger partial charge in [0.1, 0.15) is 0 Å². The van der Waals surface area contributed by atoms with E-state index in [2.05, 4.69) is 15.5 Å². The van der Waals surface area contributed by atoms with E-state index in [9.17, 15) is 4.79 Å². The quantitative estimate of drug-likeness (QED) is 0.507. The van der Waals surface area contributed by atoms with Crippen LogP contribution in [0.3, 0.4) is 0 Å². The first-order valence-electron chi connectivity index (χ1n) is 2.08. The Bertz CT molecular complexity index is 100. The number of methoxy groups -OCH3 is 1. The number of amides is 2. The minimum atomic E-state index is -0.693. The number of rotatable bonds is 2. The summed E-state index contributed by atoms with van der Waals surface area (Å²) in [5, 5.41) is 0. The largest absolute Gasteiger partial charge is 0.379 e. The zero-order valence-corrected chi connectivity index (χ0v) is 4.63. The van der Waals surface area contributed by atoms with Gasteiger partial charge in [-0.05, 0) is 0 Å². The molecule has 46 valence electrons. The SMILES string of the molecule is COCC=NC(N)=O. The summed E-state index contributed by atoms with van der Waals surface area (Å²) in [5.74, 6) is 0. The van der Waals surface area contributed by atoms with Gasteiger partial charge >= 0.3 is 6.03 Å². The van der Waals surface area contributed by atoms with E-state index in [1.807, 2.05) is 0 Å². The van der Waals surface area contributed by atoms with Gasteiger partial charge in [0.15, 0.2) is 0 Å². The lowest BCUT2D eigenvalue weighted by Crippen LogP contribution is -2.05. The average molecular weight is 116 g/mol. The van der Waals surface area contributed by atoms with Gasteiger partial charge in [0.2, 0.25) is 0 Å². The molecule has 0 fully saturated rings. The summed E-state index contributed by atoms with van der Waals surface area (Å²) in [6.45, 7) is 0.322. The van der Waals surface area contributed by atoms with Crippen LogP contribution >= 0.6 is 0 Å². The van der Waals surface area contributed by atoms with Crippen molar-refractivity contribution in [3.05, 3.63) is 0 Å². The molecule has 0 aromatic rings. The average Bonchev–Trinajstić information content (AvgIpc) is 1.66. The van der Waals surface area contributed by atoms with Gasteiger partial charge in [0.05, 0.1) is 6.61 Å². The number of carbonyl (C=O) groups excluding carboxylic acids is 1. The Morgan fingerprint density at radius 2 is 2.62 bits per heavy atom. The van der Waals surface area contributed by atoms with Gasteiger partial charge in [-0.15, -0.1) is 0 Å². The monoisotopic (exact) mass is 116 g/mol. The topological polar surface area (TPSA) is 64.7 Å². The van der Waals surface area contributed by atoms with Gasteiger partial charge in [0.25, 0.3) is 0 Å². The lowest BCUT2D eigenvalue weighted by Gasteiger charge is -1.83. The van der Waals surface area contributed by atoms with Gasteiger partial charge in [-0.3, -0.25) is 0 Å². The van der Waals surface area contributed by atoms with Crippen LogP contribution in [0.1, 0.15) is 0 Å². The van der Waals surface area contributed by atoms with E-state index < -0.39 is 6.03 Å². The molecule has 0 atom stereocenters. The Morgan fingerprint density at radius 1 is 2.00 bits per heavy atom. The minimum absolute atomic E-state index is 0.322. The van der Waals surface area contributed by atoms with Crippen molar-refractivity contribution in [2.24, 2.45) is 10.7 Å². The van der Waals surface area contributed by atoms with Crippen LogP contribution in [0, 0.1) is 0 Å². The number of hydrogen-bond donors (Lipinski definition) is 1. The second kappa shape index (κ2) is 4.26. The molecule has 0 saturated carbocycles. The molecule has 0 aliphatic heterocycles. The summed E-state index contributed by atoms with van der Waals surface area (Å²) >= 11 is 0. The number of urea groups is 1. The highest BCUT2D eigenvalue weighted by Crippen LogP contribution is 1.64. The molecule has 0 rings (SSSR count). The smallest absolute Gasteiger partial charge is 0.338 e. The van der Waals surface area contributed by atoms with E-state index in [0.717, 1.165) is 0 Å². The maximum atomic E-state index is 9.84. The number of nitrogens with two attached hydrogens (primary N) is 1. The molecule has 0 unspecified atom stereocenters. The maximum Gasteiger partial charge on any atom is 0.338 e. The Morgan fingerprint density at radius 3 is 3.00 bits per heavy atom. The lowest BCUT2D eigenvalue weighted by molar-refractivity contribution is 0.246. The molecule has 0 heterocycles. The molecule has 0 aliphatic rings.